The van der Waals surface area contributed by atoms with E-state index in [1.807, 2.05) is 0 Å². The summed E-state index contributed by atoms with van der Waals surface area (Å²) < 4.78 is 29.1. The maximum Gasteiger partial charge on any atom is 0.158 e. The first-order valence-corrected chi connectivity index (χ1v) is 3.01. The molecule has 0 aliphatic rings. The number of halogens is 1. The molecule has 0 aliphatic heterocycles. The lowest BCUT2D eigenvalue weighted by Crippen LogP contribution is -2.10. The summed E-state index contributed by atoms with van der Waals surface area (Å²) in [6.07, 6.45) is 0. The van der Waals surface area contributed by atoms with Crippen LogP contribution in [0.2, 0.25) is 0 Å². The summed E-state index contributed by atoms with van der Waals surface area (Å²) in [7, 11) is 0. The van der Waals surface area contributed by atoms with Gasteiger partial charge in [0.1, 0.15) is 6.67 Å². The highest BCUT2D eigenvalue weighted by atomic mass is 32.2. The fourth-order valence-electron chi connectivity index (χ4n) is 0.0539. The van der Waals surface area contributed by atoms with Crippen LogP contribution in [-0.4, -0.2) is 20.7 Å². The summed E-state index contributed by atoms with van der Waals surface area (Å²) in [5, 5.41) is -0.736. The van der Waals surface area contributed by atoms with Gasteiger partial charge in [0.25, 0.3) is 0 Å². The van der Waals surface area contributed by atoms with Crippen molar-refractivity contribution in [3.8, 4) is 0 Å². The van der Waals surface area contributed by atoms with Crippen molar-refractivity contribution in [3.63, 3.8) is 0 Å². The first-order chi connectivity index (χ1) is 3.18. The first kappa shape index (κ1) is 7.04. The number of alkyl halides is 1. The molecule has 2 nitrogen and oxygen atoms in total. The molecule has 0 radical (unpaired) electrons. The highest BCUT2D eigenvalue weighted by molar-refractivity contribution is 7.79. The molecule has 0 spiro atoms. The molecule has 0 aromatic rings. The van der Waals surface area contributed by atoms with Crippen LogP contribution in [0.5, 0.6) is 0 Å². The van der Waals surface area contributed by atoms with E-state index in [1.54, 1.807) is 0 Å². The van der Waals surface area contributed by atoms with E-state index in [2.05, 4.69) is 0 Å². The van der Waals surface area contributed by atoms with Crippen LogP contribution in [0.3, 0.4) is 0 Å². The summed E-state index contributed by atoms with van der Waals surface area (Å²) in [6, 6.07) is 0. The predicted octanol–water partition coefficient (Wildman–Crippen LogP) is 0.566. The Balaban J connectivity index is 3.34. The molecule has 2 unspecified atom stereocenters. The van der Waals surface area contributed by atoms with Gasteiger partial charge in [0, 0.05) is 0 Å². The van der Waals surface area contributed by atoms with Gasteiger partial charge in [-0.2, -0.15) is 0 Å². The van der Waals surface area contributed by atoms with E-state index in [9.17, 15) is 8.60 Å². The number of rotatable bonds is 2. The molecule has 0 aliphatic carbocycles. The molecule has 4 heteroatoms. The van der Waals surface area contributed by atoms with Crippen LogP contribution in [0.4, 0.5) is 4.39 Å². The van der Waals surface area contributed by atoms with Crippen LogP contribution >= 0.6 is 0 Å². The van der Waals surface area contributed by atoms with Gasteiger partial charge in [-0.3, -0.25) is 0 Å². The Kier molecular flexibility index (Phi) is 3.11. The molecule has 0 saturated carbocycles. The summed E-state index contributed by atoms with van der Waals surface area (Å²) in [5.74, 6) is 0. The van der Waals surface area contributed by atoms with Crippen LogP contribution in [-0.2, 0) is 11.1 Å². The van der Waals surface area contributed by atoms with Crippen molar-refractivity contribution in [2.24, 2.45) is 0 Å². The lowest BCUT2D eigenvalue weighted by molar-refractivity contribution is 0.467. The SMILES string of the molecule is CC(CF)S(=O)O. The van der Waals surface area contributed by atoms with Crippen LogP contribution in [0.15, 0.2) is 0 Å². The van der Waals surface area contributed by atoms with Crippen LogP contribution in [0.25, 0.3) is 0 Å². The molecule has 0 aromatic carbocycles. The molecule has 0 saturated heterocycles. The fourth-order valence-corrected chi connectivity index (χ4v) is 0.162. The molecule has 0 rings (SSSR count). The Morgan fingerprint density at radius 1 is 2.00 bits per heavy atom. The van der Waals surface area contributed by atoms with E-state index < -0.39 is 23.0 Å². The standard InChI is InChI=1S/C3H7FO2S/c1-3(2-4)7(5)6/h3H,2H2,1H3,(H,5,6). The maximum absolute atomic E-state index is 11.3. The van der Waals surface area contributed by atoms with Gasteiger partial charge < -0.3 is 4.55 Å². The van der Waals surface area contributed by atoms with Gasteiger partial charge in [-0.15, -0.1) is 0 Å². The van der Waals surface area contributed by atoms with Crippen LogP contribution in [0.1, 0.15) is 6.92 Å². The predicted molar refractivity (Wildman–Crippen MR) is 26.2 cm³/mol. The van der Waals surface area contributed by atoms with Crippen molar-refractivity contribution in [1.29, 1.82) is 0 Å². The zero-order chi connectivity index (χ0) is 5.86. The Hall–Kier alpha value is 0.0400. The summed E-state index contributed by atoms with van der Waals surface area (Å²) in [5.41, 5.74) is 0. The van der Waals surface area contributed by atoms with Crippen molar-refractivity contribution in [2.45, 2.75) is 12.2 Å². The van der Waals surface area contributed by atoms with Crippen molar-refractivity contribution in [1.82, 2.24) is 0 Å². The number of hydrogen-bond donors (Lipinski definition) is 1. The third-order valence-electron chi connectivity index (χ3n) is 0.562. The summed E-state index contributed by atoms with van der Waals surface area (Å²) in [6.45, 7) is 0.638. The molecule has 0 amide bonds. The van der Waals surface area contributed by atoms with Crippen LogP contribution in [0, 0.1) is 0 Å². The maximum atomic E-state index is 11.3. The van der Waals surface area contributed by atoms with E-state index in [4.69, 9.17) is 4.55 Å². The van der Waals surface area contributed by atoms with Crippen molar-refractivity contribution in [2.75, 3.05) is 6.67 Å². The first-order valence-electron chi connectivity index (χ1n) is 1.84. The second-order valence-corrected chi connectivity index (χ2v) is 2.60. The smallest absolute Gasteiger partial charge is 0.158 e. The topological polar surface area (TPSA) is 37.3 Å². The van der Waals surface area contributed by atoms with Crippen molar-refractivity contribution in [3.05, 3.63) is 0 Å². The summed E-state index contributed by atoms with van der Waals surface area (Å²) >= 11 is -1.99. The van der Waals surface area contributed by atoms with E-state index >= 15 is 0 Å². The minimum atomic E-state index is -1.99. The Morgan fingerprint density at radius 2 is 2.43 bits per heavy atom. The van der Waals surface area contributed by atoms with Gasteiger partial charge in [0.05, 0.1) is 5.25 Å². The molecule has 2 atom stereocenters. The van der Waals surface area contributed by atoms with Gasteiger partial charge in [-0.1, -0.05) is 0 Å². The van der Waals surface area contributed by atoms with Gasteiger partial charge in [-0.25, -0.2) is 8.60 Å². The molecule has 0 heterocycles. The Labute approximate surface area is 44.0 Å². The molecule has 44 valence electrons. The largest absolute Gasteiger partial charge is 0.306 e. The highest BCUT2D eigenvalue weighted by Crippen LogP contribution is 1.90. The van der Waals surface area contributed by atoms with E-state index in [0.29, 0.717) is 0 Å². The molecule has 0 bridgehead atoms. The quantitative estimate of drug-likeness (QED) is 0.549. The van der Waals surface area contributed by atoms with E-state index in [-0.39, 0.29) is 0 Å². The Bertz CT molecular complexity index is 75.3. The van der Waals surface area contributed by atoms with Crippen molar-refractivity contribution >= 4 is 11.1 Å². The van der Waals surface area contributed by atoms with E-state index in [0.717, 1.165) is 0 Å². The molecule has 1 N–H and O–H groups in total. The average molecular weight is 126 g/mol. The molecule has 0 fully saturated rings. The summed E-state index contributed by atoms with van der Waals surface area (Å²) in [4.78, 5) is 0. The third kappa shape index (κ3) is 2.70. The monoisotopic (exact) mass is 126 g/mol. The molecule has 7 heavy (non-hydrogen) atoms. The minimum Gasteiger partial charge on any atom is -0.306 e. The normalized spacial score (nSPS) is 18.7. The van der Waals surface area contributed by atoms with Gasteiger partial charge in [0.15, 0.2) is 11.1 Å². The van der Waals surface area contributed by atoms with E-state index in [1.165, 1.54) is 6.92 Å². The second kappa shape index (κ2) is 3.10. The molecule has 0 aromatic heterocycles. The average Bonchev–Trinajstić information content (AvgIpc) is 1.65. The highest BCUT2D eigenvalue weighted by Gasteiger charge is 2.04. The lowest BCUT2D eigenvalue weighted by atomic mass is 10.5. The third-order valence-corrected chi connectivity index (χ3v) is 1.38. The zero-order valence-corrected chi connectivity index (χ0v) is 4.74. The lowest BCUT2D eigenvalue weighted by Gasteiger charge is -1.95. The fraction of sp³-hybridized carbons (Fsp3) is 1.00. The molecular formula is C3H7FO2S. The minimum absolute atomic E-state index is 0.733. The van der Waals surface area contributed by atoms with Gasteiger partial charge in [-0.05, 0) is 6.92 Å². The second-order valence-electron chi connectivity index (χ2n) is 1.24. The number of hydrogen-bond acceptors (Lipinski definition) is 1. The zero-order valence-electron chi connectivity index (χ0n) is 3.93. The Morgan fingerprint density at radius 3 is 2.43 bits per heavy atom. The van der Waals surface area contributed by atoms with Crippen molar-refractivity contribution < 1.29 is 13.2 Å². The van der Waals surface area contributed by atoms with Crippen LogP contribution < -0.4 is 0 Å². The van der Waals surface area contributed by atoms with Gasteiger partial charge in [0.2, 0.25) is 0 Å². The van der Waals surface area contributed by atoms with Gasteiger partial charge >= 0.3 is 0 Å². The molecular weight excluding hydrogens is 119 g/mol.